The van der Waals surface area contributed by atoms with Crippen LogP contribution in [0.3, 0.4) is 0 Å². The molecule has 0 aromatic heterocycles. The van der Waals surface area contributed by atoms with Gasteiger partial charge in [0.2, 0.25) is 0 Å². The standard InChI is InChI=1S/C14H16O3/c1-4-17-14-11-8-6-5-7-10(11)12(15)9(2)13(14)16-3/h5-8,15H,4H2,1-3H3. The second kappa shape index (κ2) is 4.53. The van der Waals surface area contributed by atoms with E-state index in [1.807, 2.05) is 38.1 Å². The van der Waals surface area contributed by atoms with Crippen molar-refractivity contribution in [2.24, 2.45) is 0 Å². The molecule has 2 aromatic carbocycles. The molecule has 2 rings (SSSR count). The number of phenols is 1. The van der Waals surface area contributed by atoms with Crippen molar-refractivity contribution in [3.05, 3.63) is 29.8 Å². The van der Waals surface area contributed by atoms with Crippen molar-refractivity contribution < 1.29 is 14.6 Å². The van der Waals surface area contributed by atoms with Gasteiger partial charge >= 0.3 is 0 Å². The van der Waals surface area contributed by atoms with Crippen molar-refractivity contribution in [1.82, 2.24) is 0 Å². The highest BCUT2D eigenvalue weighted by Crippen LogP contribution is 2.44. The summed E-state index contributed by atoms with van der Waals surface area (Å²) in [5, 5.41) is 11.8. The van der Waals surface area contributed by atoms with Gasteiger partial charge in [-0.15, -0.1) is 0 Å². The number of aromatic hydroxyl groups is 1. The van der Waals surface area contributed by atoms with Crippen LogP contribution in [0.2, 0.25) is 0 Å². The van der Waals surface area contributed by atoms with E-state index in [0.29, 0.717) is 23.7 Å². The summed E-state index contributed by atoms with van der Waals surface area (Å²) in [4.78, 5) is 0. The normalized spacial score (nSPS) is 10.5. The molecule has 0 aliphatic carbocycles. The molecule has 0 spiro atoms. The quantitative estimate of drug-likeness (QED) is 0.882. The van der Waals surface area contributed by atoms with Gasteiger partial charge < -0.3 is 14.6 Å². The van der Waals surface area contributed by atoms with E-state index < -0.39 is 0 Å². The molecule has 90 valence electrons. The zero-order valence-electron chi connectivity index (χ0n) is 10.3. The van der Waals surface area contributed by atoms with Crippen molar-refractivity contribution >= 4 is 10.8 Å². The molecule has 0 radical (unpaired) electrons. The molecular weight excluding hydrogens is 216 g/mol. The average Bonchev–Trinajstić information content (AvgIpc) is 2.36. The molecule has 17 heavy (non-hydrogen) atoms. The summed E-state index contributed by atoms with van der Waals surface area (Å²) in [6, 6.07) is 7.60. The van der Waals surface area contributed by atoms with Crippen LogP contribution in [0, 0.1) is 6.92 Å². The fraction of sp³-hybridized carbons (Fsp3) is 0.286. The summed E-state index contributed by atoms with van der Waals surface area (Å²) < 4.78 is 11.0. The number of fused-ring (bicyclic) bond motifs is 1. The van der Waals surface area contributed by atoms with E-state index in [1.54, 1.807) is 7.11 Å². The Morgan fingerprint density at radius 1 is 1.12 bits per heavy atom. The average molecular weight is 232 g/mol. The predicted molar refractivity (Wildman–Crippen MR) is 68.1 cm³/mol. The van der Waals surface area contributed by atoms with E-state index in [-0.39, 0.29) is 5.75 Å². The van der Waals surface area contributed by atoms with Crippen LogP contribution in [-0.2, 0) is 0 Å². The van der Waals surface area contributed by atoms with E-state index in [1.165, 1.54) is 0 Å². The first-order chi connectivity index (χ1) is 8.20. The van der Waals surface area contributed by atoms with Crippen LogP contribution in [-0.4, -0.2) is 18.8 Å². The summed E-state index contributed by atoms with van der Waals surface area (Å²) >= 11 is 0. The summed E-state index contributed by atoms with van der Waals surface area (Å²) in [7, 11) is 1.58. The molecule has 0 saturated heterocycles. The van der Waals surface area contributed by atoms with Gasteiger partial charge in [-0.3, -0.25) is 0 Å². The van der Waals surface area contributed by atoms with Crippen LogP contribution in [0.5, 0.6) is 17.2 Å². The van der Waals surface area contributed by atoms with E-state index >= 15 is 0 Å². The number of hydrogen-bond donors (Lipinski definition) is 1. The molecule has 3 nitrogen and oxygen atoms in total. The minimum Gasteiger partial charge on any atom is -0.507 e. The van der Waals surface area contributed by atoms with Crippen LogP contribution in [0.15, 0.2) is 24.3 Å². The van der Waals surface area contributed by atoms with E-state index in [4.69, 9.17) is 9.47 Å². The zero-order chi connectivity index (χ0) is 12.4. The van der Waals surface area contributed by atoms with Gasteiger partial charge in [0.05, 0.1) is 13.7 Å². The van der Waals surface area contributed by atoms with E-state index in [0.717, 1.165) is 10.8 Å². The molecule has 2 aromatic rings. The number of ether oxygens (including phenoxy) is 2. The fourth-order valence-corrected chi connectivity index (χ4v) is 2.02. The molecule has 0 aliphatic heterocycles. The molecule has 0 atom stereocenters. The summed E-state index contributed by atoms with van der Waals surface area (Å²) in [6.07, 6.45) is 0. The predicted octanol–water partition coefficient (Wildman–Crippen LogP) is 3.26. The highest BCUT2D eigenvalue weighted by atomic mass is 16.5. The SMILES string of the molecule is CCOc1c(OC)c(C)c(O)c2ccccc12. The van der Waals surface area contributed by atoms with Crippen LogP contribution in [0.1, 0.15) is 12.5 Å². The maximum absolute atomic E-state index is 10.1. The van der Waals surface area contributed by atoms with Crippen LogP contribution >= 0.6 is 0 Å². The summed E-state index contributed by atoms with van der Waals surface area (Å²) in [5.74, 6) is 1.55. The molecule has 1 N–H and O–H groups in total. The number of benzene rings is 2. The van der Waals surface area contributed by atoms with Gasteiger partial charge in [-0.05, 0) is 13.8 Å². The Morgan fingerprint density at radius 3 is 2.35 bits per heavy atom. The monoisotopic (exact) mass is 232 g/mol. The lowest BCUT2D eigenvalue weighted by atomic mass is 10.0. The van der Waals surface area contributed by atoms with E-state index in [2.05, 4.69) is 0 Å². The highest BCUT2D eigenvalue weighted by molar-refractivity contribution is 5.96. The molecule has 0 heterocycles. The Morgan fingerprint density at radius 2 is 1.76 bits per heavy atom. The summed E-state index contributed by atoms with van der Waals surface area (Å²) in [5.41, 5.74) is 0.703. The lowest BCUT2D eigenvalue weighted by molar-refractivity contribution is 0.312. The third-order valence-corrected chi connectivity index (χ3v) is 2.82. The minimum absolute atomic E-state index is 0.251. The smallest absolute Gasteiger partial charge is 0.169 e. The Labute approximate surface area is 101 Å². The third-order valence-electron chi connectivity index (χ3n) is 2.82. The van der Waals surface area contributed by atoms with Crippen LogP contribution in [0.25, 0.3) is 10.8 Å². The zero-order valence-corrected chi connectivity index (χ0v) is 10.3. The number of methoxy groups -OCH3 is 1. The van der Waals surface area contributed by atoms with Crippen molar-refractivity contribution in [3.63, 3.8) is 0 Å². The van der Waals surface area contributed by atoms with E-state index in [9.17, 15) is 5.11 Å². The van der Waals surface area contributed by atoms with Gasteiger partial charge in [0, 0.05) is 16.3 Å². The fourth-order valence-electron chi connectivity index (χ4n) is 2.02. The largest absolute Gasteiger partial charge is 0.507 e. The number of hydrogen-bond acceptors (Lipinski definition) is 3. The Kier molecular flexibility index (Phi) is 3.09. The second-order valence-corrected chi connectivity index (χ2v) is 3.81. The van der Waals surface area contributed by atoms with Crippen molar-refractivity contribution in [2.75, 3.05) is 13.7 Å². The maximum Gasteiger partial charge on any atom is 0.169 e. The van der Waals surface area contributed by atoms with Gasteiger partial charge in [-0.1, -0.05) is 24.3 Å². The topological polar surface area (TPSA) is 38.7 Å². The first-order valence-corrected chi connectivity index (χ1v) is 5.61. The van der Waals surface area contributed by atoms with Crippen molar-refractivity contribution in [3.8, 4) is 17.2 Å². The molecule has 0 saturated carbocycles. The Balaban J connectivity index is 2.86. The van der Waals surface area contributed by atoms with Gasteiger partial charge in [0.25, 0.3) is 0 Å². The molecule has 0 fully saturated rings. The molecule has 0 bridgehead atoms. The Hall–Kier alpha value is -1.90. The highest BCUT2D eigenvalue weighted by Gasteiger charge is 2.17. The van der Waals surface area contributed by atoms with Gasteiger partial charge in [-0.2, -0.15) is 0 Å². The van der Waals surface area contributed by atoms with Crippen LogP contribution in [0.4, 0.5) is 0 Å². The summed E-state index contributed by atoms with van der Waals surface area (Å²) in [6.45, 7) is 4.31. The Bertz CT molecular complexity index is 547. The van der Waals surface area contributed by atoms with Gasteiger partial charge in [0.1, 0.15) is 5.75 Å². The molecule has 3 heteroatoms. The van der Waals surface area contributed by atoms with Gasteiger partial charge in [-0.25, -0.2) is 0 Å². The molecular formula is C14H16O3. The lowest BCUT2D eigenvalue weighted by Crippen LogP contribution is -1.98. The van der Waals surface area contributed by atoms with Crippen molar-refractivity contribution in [2.45, 2.75) is 13.8 Å². The molecule has 0 aliphatic rings. The minimum atomic E-state index is 0.251. The molecule has 0 amide bonds. The second-order valence-electron chi connectivity index (χ2n) is 3.81. The maximum atomic E-state index is 10.1. The first kappa shape index (κ1) is 11.6. The number of phenolic OH excluding ortho intramolecular Hbond substituents is 1. The van der Waals surface area contributed by atoms with Crippen LogP contribution < -0.4 is 9.47 Å². The van der Waals surface area contributed by atoms with Crippen molar-refractivity contribution in [1.29, 1.82) is 0 Å². The third kappa shape index (κ3) is 1.78. The first-order valence-electron chi connectivity index (χ1n) is 5.61. The molecule has 0 unspecified atom stereocenters. The number of rotatable bonds is 3. The van der Waals surface area contributed by atoms with Gasteiger partial charge in [0.15, 0.2) is 11.5 Å². The lowest BCUT2D eigenvalue weighted by Gasteiger charge is -2.16.